The van der Waals surface area contributed by atoms with Crippen molar-refractivity contribution in [3.8, 4) is 0 Å². The second-order valence-corrected chi connectivity index (χ2v) is 10.0. The minimum absolute atomic E-state index is 0.0882. The Hall–Kier alpha value is -3.47. The molecule has 0 radical (unpaired) electrons. The molecular weight excluding hydrogens is 500 g/mol. The van der Waals surface area contributed by atoms with E-state index in [-0.39, 0.29) is 11.9 Å². The van der Waals surface area contributed by atoms with E-state index in [9.17, 15) is 9.59 Å². The molecule has 1 saturated heterocycles. The lowest BCUT2D eigenvalue weighted by Gasteiger charge is -2.28. The third-order valence-electron chi connectivity index (χ3n) is 6.43. The molecule has 0 saturated carbocycles. The number of carbonyl (C=O) groups excluding carboxylic acids is 2. The highest BCUT2D eigenvalue weighted by molar-refractivity contribution is 7.09. The molecule has 1 aromatic carbocycles. The number of anilines is 2. The summed E-state index contributed by atoms with van der Waals surface area (Å²) in [7, 11) is 0. The van der Waals surface area contributed by atoms with E-state index >= 15 is 0 Å². The van der Waals surface area contributed by atoms with Crippen LogP contribution in [0, 0.1) is 0 Å². The maximum Gasteiger partial charge on any atom is 0.317 e. The van der Waals surface area contributed by atoms with Gasteiger partial charge >= 0.3 is 6.03 Å². The standard InChI is InChI=1S/C28H36N6O3S/c29-24-20-38-21-26(24)32-27(35)25-10-9-23(18-31-25)19-34(13-5-12-33-14-16-37-17-15-33)28(36)30-11-4-8-22-6-2-1-3-7-22/h1-3,6-7,9-10,18,20-21H,4-5,8,11-17,19,29H2,(H,30,36)(H,32,35). The minimum Gasteiger partial charge on any atom is -0.396 e. The van der Waals surface area contributed by atoms with Gasteiger partial charge in [0.25, 0.3) is 5.91 Å². The van der Waals surface area contributed by atoms with Gasteiger partial charge in [0, 0.05) is 56.2 Å². The zero-order valence-electron chi connectivity index (χ0n) is 21.6. The summed E-state index contributed by atoms with van der Waals surface area (Å²) >= 11 is 1.42. The lowest BCUT2D eigenvalue weighted by atomic mass is 10.1. The molecule has 1 aliphatic rings. The van der Waals surface area contributed by atoms with Crippen molar-refractivity contribution in [2.45, 2.75) is 25.8 Å². The molecule has 202 valence electrons. The summed E-state index contributed by atoms with van der Waals surface area (Å²) in [5.41, 5.74) is 9.40. The molecule has 0 atom stereocenters. The van der Waals surface area contributed by atoms with Crippen LogP contribution in [-0.2, 0) is 17.7 Å². The Balaban J connectivity index is 1.31. The number of nitrogens with one attached hydrogen (secondary N) is 2. The average molecular weight is 537 g/mol. The summed E-state index contributed by atoms with van der Waals surface area (Å²) in [6, 6.07) is 13.7. The first kappa shape index (κ1) is 27.6. The minimum atomic E-state index is -0.319. The summed E-state index contributed by atoms with van der Waals surface area (Å²) in [6.07, 6.45) is 4.32. The van der Waals surface area contributed by atoms with Gasteiger partial charge in [-0.15, -0.1) is 11.3 Å². The molecule has 4 rings (SSSR count). The molecule has 2 aromatic heterocycles. The van der Waals surface area contributed by atoms with Crippen LogP contribution in [0.2, 0.25) is 0 Å². The van der Waals surface area contributed by atoms with E-state index in [0.29, 0.717) is 36.7 Å². The van der Waals surface area contributed by atoms with E-state index in [1.807, 2.05) is 29.2 Å². The van der Waals surface area contributed by atoms with E-state index in [2.05, 4.69) is 32.7 Å². The zero-order valence-corrected chi connectivity index (χ0v) is 22.4. The summed E-state index contributed by atoms with van der Waals surface area (Å²) in [5.74, 6) is -0.319. The lowest BCUT2D eigenvalue weighted by molar-refractivity contribution is 0.0364. The van der Waals surface area contributed by atoms with Crippen LogP contribution in [-0.4, -0.2) is 72.7 Å². The Bertz CT molecular complexity index is 1150. The summed E-state index contributed by atoms with van der Waals surface area (Å²) in [4.78, 5) is 34.2. The average Bonchev–Trinajstić information content (AvgIpc) is 3.35. The number of morpholine rings is 1. The fourth-order valence-corrected chi connectivity index (χ4v) is 4.95. The molecule has 38 heavy (non-hydrogen) atoms. The van der Waals surface area contributed by atoms with Gasteiger partial charge in [-0.05, 0) is 36.5 Å². The number of aryl methyl sites for hydroxylation is 1. The maximum atomic E-state index is 13.1. The number of benzene rings is 1. The van der Waals surface area contributed by atoms with Crippen LogP contribution in [0.5, 0.6) is 0 Å². The van der Waals surface area contributed by atoms with Crippen molar-refractivity contribution in [2.24, 2.45) is 0 Å². The van der Waals surface area contributed by atoms with Crippen molar-refractivity contribution in [1.82, 2.24) is 20.1 Å². The summed E-state index contributed by atoms with van der Waals surface area (Å²) in [6.45, 7) is 5.95. The second kappa shape index (κ2) is 14.5. The Kier molecular flexibility index (Phi) is 10.5. The van der Waals surface area contributed by atoms with Gasteiger partial charge in [-0.2, -0.15) is 0 Å². The first-order chi connectivity index (χ1) is 18.6. The van der Waals surface area contributed by atoms with E-state index in [4.69, 9.17) is 10.5 Å². The van der Waals surface area contributed by atoms with Crippen molar-refractivity contribution in [3.63, 3.8) is 0 Å². The number of nitrogens with two attached hydrogens (primary N) is 1. The Morgan fingerprint density at radius 2 is 1.87 bits per heavy atom. The lowest BCUT2D eigenvalue weighted by Crippen LogP contribution is -2.42. The monoisotopic (exact) mass is 536 g/mol. The second-order valence-electron chi connectivity index (χ2n) is 9.30. The van der Waals surface area contributed by atoms with E-state index in [1.54, 1.807) is 23.0 Å². The maximum absolute atomic E-state index is 13.1. The highest BCUT2D eigenvalue weighted by Crippen LogP contribution is 2.23. The molecule has 1 fully saturated rings. The molecule has 3 aromatic rings. The van der Waals surface area contributed by atoms with Gasteiger partial charge in [0.1, 0.15) is 5.69 Å². The Morgan fingerprint density at radius 3 is 2.58 bits per heavy atom. The van der Waals surface area contributed by atoms with Crippen LogP contribution >= 0.6 is 11.3 Å². The highest BCUT2D eigenvalue weighted by Gasteiger charge is 2.17. The molecule has 3 amide bonds. The number of hydrogen-bond donors (Lipinski definition) is 3. The predicted octanol–water partition coefficient (Wildman–Crippen LogP) is 3.84. The van der Waals surface area contributed by atoms with Crippen molar-refractivity contribution in [3.05, 3.63) is 76.2 Å². The Labute approximate surface area is 228 Å². The fraction of sp³-hybridized carbons (Fsp3) is 0.393. The van der Waals surface area contributed by atoms with Gasteiger partial charge in [-0.3, -0.25) is 14.7 Å². The normalized spacial score (nSPS) is 13.7. The molecular formula is C28H36N6O3S. The smallest absolute Gasteiger partial charge is 0.317 e. The fourth-order valence-electron chi connectivity index (χ4n) is 4.27. The van der Waals surface area contributed by atoms with Crippen molar-refractivity contribution < 1.29 is 14.3 Å². The number of hydrogen-bond acceptors (Lipinski definition) is 7. The van der Waals surface area contributed by atoms with Crippen LogP contribution in [0.4, 0.5) is 16.2 Å². The van der Waals surface area contributed by atoms with Gasteiger partial charge in [0.15, 0.2) is 0 Å². The predicted molar refractivity (Wildman–Crippen MR) is 151 cm³/mol. The number of nitrogen functional groups attached to an aromatic ring is 1. The van der Waals surface area contributed by atoms with Gasteiger partial charge in [-0.1, -0.05) is 36.4 Å². The number of rotatable bonds is 12. The summed E-state index contributed by atoms with van der Waals surface area (Å²) < 4.78 is 5.44. The first-order valence-corrected chi connectivity index (χ1v) is 14.0. The van der Waals surface area contributed by atoms with Crippen LogP contribution < -0.4 is 16.4 Å². The van der Waals surface area contributed by atoms with Crippen LogP contribution in [0.3, 0.4) is 0 Å². The molecule has 1 aliphatic heterocycles. The van der Waals surface area contributed by atoms with E-state index in [0.717, 1.165) is 57.7 Å². The highest BCUT2D eigenvalue weighted by atomic mass is 32.1. The van der Waals surface area contributed by atoms with E-state index < -0.39 is 0 Å². The number of urea groups is 1. The van der Waals surface area contributed by atoms with Gasteiger partial charge in [-0.25, -0.2) is 4.79 Å². The third-order valence-corrected chi connectivity index (χ3v) is 7.19. The Morgan fingerprint density at radius 1 is 1.05 bits per heavy atom. The largest absolute Gasteiger partial charge is 0.396 e. The molecule has 0 spiro atoms. The topological polar surface area (TPSA) is 113 Å². The number of carbonyl (C=O) groups is 2. The van der Waals surface area contributed by atoms with Crippen molar-refractivity contribution in [1.29, 1.82) is 0 Å². The first-order valence-electron chi connectivity index (χ1n) is 13.0. The van der Waals surface area contributed by atoms with Crippen molar-refractivity contribution in [2.75, 3.05) is 57.0 Å². The summed E-state index contributed by atoms with van der Waals surface area (Å²) in [5, 5.41) is 9.42. The molecule has 0 aliphatic carbocycles. The van der Waals surface area contributed by atoms with Crippen LogP contribution in [0.25, 0.3) is 0 Å². The quantitative estimate of drug-likeness (QED) is 0.303. The number of pyridine rings is 1. The molecule has 3 heterocycles. The van der Waals surface area contributed by atoms with Gasteiger partial charge in [0.2, 0.25) is 0 Å². The number of aromatic nitrogens is 1. The van der Waals surface area contributed by atoms with Crippen molar-refractivity contribution >= 4 is 34.6 Å². The van der Waals surface area contributed by atoms with Gasteiger partial charge < -0.3 is 26.0 Å². The molecule has 10 heteroatoms. The number of nitrogens with zero attached hydrogens (tertiary/aromatic N) is 3. The molecule has 0 unspecified atom stereocenters. The molecule has 0 bridgehead atoms. The SMILES string of the molecule is Nc1cscc1NC(=O)c1ccc(CN(CCCN2CCOCC2)C(=O)NCCCc2ccccc2)cn1. The zero-order chi connectivity index (χ0) is 26.6. The number of thiophene rings is 1. The molecule has 9 nitrogen and oxygen atoms in total. The third kappa shape index (κ3) is 8.54. The number of ether oxygens (including phenoxy) is 1. The van der Waals surface area contributed by atoms with E-state index in [1.165, 1.54) is 16.9 Å². The van der Waals surface area contributed by atoms with Crippen LogP contribution in [0.1, 0.15) is 34.5 Å². The van der Waals surface area contributed by atoms with Gasteiger partial charge in [0.05, 0.1) is 24.6 Å². The number of amides is 3. The molecule has 4 N–H and O–H groups in total. The van der Waals surface area contributed by atoms with Crippen LogP contribution in [0.15, 0.2) is 59.4 Å².